The molecule has 9 saturated heterocycles. The third-order valence-electron chi connectivity index (χ3n) is 31.8. The summed E-state index contributed by atoms with van der Waals surface area (Å²) in [5, 5.41) is 11.8. The molecule has 3 atom stereocenters. The van der Waals surface area contributed by atoms with Gasteiger partial charge < -0.3 is 49.4 Å². The Kier molecular flexibility index (Phi) is 51.0. The van der Waals surface area contributed by atoms with Gasteiger partial charge in [0.05, 0.1) is 30.3 Å². The maximum absolute atomic E-state index is 12.4. The number of rotatable bonds is 10. The number of nitrogens with one attached hydrogen (secondary N) is 1. The Balaban J connectivity index is 0.000000281. The smallest absolute Gasteiger partial charge is 0.255 e. The summed E-state index contributed by atoms with van der Waals surface area (Å²) in [6.07, 6.45) is 28.3. The fourth-order valence-electron chi connectivity index (χ4n) is 21.2. The molecule has 0 spiro atoms. The van der Waals surface area contributed by atoms with Crippen molar-refractivity contribution in [2.45, 2.75) is 322 Å². The molecule has 0 aliphatic carbocycles. The van der Waals surface area contributed by atoms with Crippen LogP contribution >= 0.6 is 0 Å². The average Bonchev–Trinajstić information content (AvgIpc) is 0.829. The first-order valence-electron chi connectivity index (χ1n) is 54.5. The van der Waals surface area contributed by atoms with Crippen LogP contribution < -0.4 is 5.32 Å². The molecule has 1 N–H and O–H groups in total. The van der Waals surface area contributed by atoms with Crippen molar-refractivity contribution in [3.63, 3.8) is 0 Å². The van der Waals surface area contributed by atoms with Crippen LogP contribution in [0.4, 0.5) is 0 Å². The van der Waals surface area contributed by atoms with Gasteiger partial charge in [0.1, 0.15) is 6.42 Å². The molecule has 21 nitrogen and oxygen atoms in total. The van der Waals surface area contributed by atoms with Gasteiger partial charge in [-0.1, -0.05) is 235 Å². The molecule has 13 rings (SSSR count). The molecule has 9 fully saturated rings. The van der Waals surface area contributed by atoms with Gasteiger partial charge in [0.15, 0.2) is 0 Å². The molecule has 9 aliphatic rings. The van der Waals surface area contributed by atoms with Crippen LogP contribution in [0.25, 0.3) is 0 Å². The molecule has 4 aromatic rings. The fourth-order valence-corrected chi connectivity index (χ4v) is 21.2. The lowest BCUT2D eigenvalue weighted by atomic mass is 9.75. The standard InChI is InChI=1S/C16H23NO.C16H25N.2C15H22N2O.2C13H26N2O.C12H20N2O.C11H21NO.C9H19N/c1-16(2,3)14-9-11-17(12-10-14)15(18)13-7-5-4-6-8-13;1-16(2,3)15-9-11-17(12-10-15)13-14-7-5-4-6-8-14;1-15(2,3)13-7-5-9-17(11-13)14(18)12-6-4-8-16-10-12;1-15(2,3)13-6-9-17(10-7-13)14(18)12-5-4-8-16-11-12;1-13(2,3)11-6-8-15(9-7-11)12(16)10-14(4)5;1-13(2,3)11-7-6-8-15(9-11)12(16)10-14(4)5;1-12(2,3)10-5-8-14(9-6-10)11(15)4-7-13;1-9(13)12-7-5-6-10(8-12)11(2,3)4;1-9(2,3)8-4-6-10-7-5-8/h4-8,14H,9-12H2,1-3H3;4-8,15H,9-13H2,1-3H3;4,6,8,10,13H,5,7,9,11H2,1-3H3;4-5,8,11,13H,6-7,9-10H2,1-3H3;2*11H,6-10H2,1-5H3;10H,4-6,8-9H2,1-3H3;10H,5-8H2,1-4H3;8,10H,4-7H2,1-3H3. The number of carbonyl (C=O) groups excluding carboxylic acids is 7. The van der Waals surface area contributed by atoms with Gasteiger partial charge in [0, 0.05) is 135 Å². The van der Waals surface area contributed by atoms with Crippen LogP contribution in [0.3, 0.4) is 0 Å². The normalized spacial score (nSPS) is 20.2. The highest BCUT2D eigenvalue weighted by Crippen LogP contribution is 2.42. The topological polar surface area (TPSA) is 213 Å². The Bertz CT molecular complexity index is 4190. The third kappa shape index (κ3) is 45.9. The van der Waals surface area contributed by atoms with E-state index < -0.39 is 0 Å². The monoisotopic (exact) mass is 1950 g/mol. The lowest BCUT2D eigenvalue weighted by molar-refractivity contribution is -0.135. The van der Waals surface area contributed by atoms with Crippen LogP contribution in [0.15, 0.2) is 110 Å². The van der Waals surface area contributed by atoms with Gasteiger partial charge in [0.2, 0.25) is 23.6 Å². The van der Waals surface area contributed by atoms with Crippen molar-refractivity contribution >= 4 is 41.4 Å². The van der Waals surface area contributed by atoms with E-state index in [0.29, 0.717) is 91.2 Å². The predicted molar refractivity (Wildman–Crippen MR) is 586 cm³/mol. The number of amides is 7. The lowest BCUT2D eigenvalue weighted by Gasteiger charge is -2.40. The first kappa shape index (κ1) is 124. The zero-order chi connectivity index (χ0) is 106. The minimum Gasteiger partial charge on any atom is -0.343 e. The van der Waals surface area contributed by atoms with Crippen molar-refractivity contribution in [2.24, 2.45) is 102 Å². The van der Waals surface area contributed by atoms with E-state index in [4.69, 9.17) is 5.26 Å². The fraction of sp³-hybridized carbons (Fsp3) is 0.750. The molecular formula is C120H204N14O7. The van der Waals surface area contributed by atoms with E-state index in [1.165, 1.54) is 83.1 Å². The summed E-state index contributed by atoms with van der Waals surface area (Å²) in [7, 11) is 7.78. The third-order valence-corrected chi connectivity index (χ3v) is 31.8. The van der Waals surface area contributed by atoms with Crippen LogP contribution in [0.5, 0.6) is 0 Å². The minimum atomic E-state index is -0.00939. The summed E-state index contributed by atoms with van der Waals surface area (Å²) in [4.78, 5) is 112. The van der Waals surface area contributed by atoms with Crippen molar-refractivity contribution < 1.29 is 33.6 Å². The quantitative estimate of drug-likeness (QED) is 0.156. The summed E-state index contributed by atoms with van der Waals surface area (Å²) in [6.45, 7) is 83.5. The van der Waals surface area contributed by atoms with Gasteiger partial charge in [-0.3, -0.25) is 48.4 Å². The Morgan fingerprint density at radius 2 is 0.596 bits per heavy atom. The maximum atomic E-state index is 12.4. The van der Waals surface area contributed by atoms with Gasteiger partial charge in [-0.05, 0) is 314 Å². The molecule has 21 heteroatoms. The van der Waals surface area contributed by atoms with Crippen LogP contribution in [0, 0.1) is 113 Å². The number of hydrogen-bond donors (Lipinski definition) is 1. The summed E-state index contributed by atoms with van der Waals surface area (Å²) in [5.74, 6) is 7.85. The summed E-state index contributed by atoms with van der Waals surface area (Å²) < 4.78 is 0. The van der Waals surface area contributed by atoms with E-state index in [1.54, 1.807) is 31.7 Å². The maximum Gasteiger partial charge on any atom is 0.255 e. The average molecular weight is 1960 g/mol. The van der Waals surface area contributed by atoms with Crippen molar-refractivity contribution in [2.75, 3.05) is 159 Å². The molecule has 2 aromatic carbocycles. The minimum absolute atomic E-state index is 0.00939. The predicted octanol–water partition coefficient (Wildman–Crippen LogP) is 23.7. The van der Waals surface area contributed by atoms with E-state index in [1.807, 2.05) is 133 Å². The second kappa shape index (κ2) is 58.0. The van der Waals surface area contributed by atoms with Gasteiger partial charge >= 0.3 is 0 Å². The zero-order valence-corrected chi connectivity index (χ0v) is 95.5. The SMILES string of the molecule is CC(=O)N1CCCC(C(C)(C)C)C1.CC(C)(C)C1CCCN(C(=O)c2cccnc2)C1.CC(C)(C)C1CCN(C(=O)CC#N)CC1.CC(C)(C)C1CCN(C(=O)c2ccccc2)CC1.CC(C)(C)C1CCN(C(=O)c2cccnc2)CC1.CC(C)(C)C1CCN(Cc2ccccc2)CC1.CC(C)(C)C1CCNCC1.CN(C)CC(=O)N1CCC(C(C)(C)C)CC1.CN(C)CC(=O)N1CCCC(C(C)(C)C)C1. The highest BCUT2D eigenvalue weighted by Gasteiger charge is 2.39. The van der Waals surface area contributed by atoms with E-state index in [-0.39, 0.29) is 53.2 Å². The summed E-state index contributed by atoms with van der Waals surface area (Å²) in [6, 6.07) is 29.7. The number of benzene rings is 2. The van der Waals surface area contributed by atoms with E-state index in [2.05, 4.69) is 237 Å². The van der Waals surface area contributed by atoms with Gasteiger partial charge in [-0.2, -0.15) is 5.26 Å². The Morgan fingerprint density at radius 3 is 0.915 bits per heavy atom. The highest BCUT2D eigenvalue weighted by atomic mass is 16.2. The molecule has 3 unspecified atom stereocenters. The molecule has 7 amide bonds. The van der Waals surface area contributed by atoms with Gasteiger partial charge in [-0.15, -0.1) is 0 Å². The Labute approximate surface area is 860 Å². The molecular weight excluding hydrogens is 1750 g/mol. The molecule has 11 heterocycles. The number of nitrogens with zero attached hydrogens (tertiary/aromatic N) is 13. The first-order valence-corrected chi connectivity index (χ1v) is 54.5. The number of likely N-dealkylation sites (tertiary alicyclic amines) is 8. The second-order valence-electron chi connectivity index (χ2n) is 52.5. The van der Waals surface area contributed by atoms with Crippen LogP contribution in [0.1, 0.15) is 352 Å². The molecule has 9 aliphatic heterocycles. The number of nitriles is 1. The van der Waals surface area contributed by atoms with Gasteiger partial charge in [0.25, 0.3) is 17.7 Å². The molecule has 0 saturated carbocycles. The number of hydrogen-bond acceptors (Lipinski definition) is 14. The second-order valence-corrected chi connectivity index (χ2v) is 52.5. The van der Waals surface area contributed by atoms with E-state index >= 15 is 0 Å². The Morgan fingerprint density at radius 1 is 0.319 bits per heavy atom. The molecule has 0 bridgehead atoms. The summed E-state index contributed by atoms with van der Waals surface area (Å²) >= 11 is 0. The number of aromatic nitrogens is 2. The van der Waals surface area contributed by atoms with E-state index in [9.17, 15) is 33.6 Å². The molecule has 0 radical (unpaired) electrons. The number of piperidine rings is 9. The van der Waals surface area contributed by atoms with E-state index in [0.717, 1.165) is 198 Å². The number of pyridine rings is 2. The van der Waals surface area contributed by atoms with Crippen LogP contribution in [0.2, 0.25) is 0 Å². The highest BCUT2D eigenvalue weighted by molar-refractivity contribution is 5.95. The van der Waals surface area contributed by atoms with Crippen molar-refractivity contribution in [3.05, 3.63) is 132 Å². The van der Waals surface area contributed by atoms with Crippen LogP contribution in [-0.2, 0) is 25.7 Å². The van der Waals surface area contributed by atoms with Gasteiger partial charge in [-0.25, -0.2) is 0 Å². The number of likely N-dealkylation sites (N-methyl/N-ethyl adjacent to an activating group) is 2. The largest absolute Gasteiger partial charge is 0.343 e. The van der Waals surface area contributed by atoms with Crippen LogP contribution in [-0.4, -0.2) is 259 Å². The van der Waals surface area contributed by atoms with Crippen molar-refractivity contribution in [3.8, 4) is 6.07 Å². The van der Waals surface area contributed by atoms with Crippen molar-refractivity contribution in [1.82, 2.24) is 64.3 Å². The first-order chi connectivity index (χ1) is 65.6. The molecule has 141 heavy (non-hydrogen) atoms. The number of carbonyl (C=O) groups is 7. The van der Waals surface area contributed by atoms with Crippen molar-refractivity contribution in [1.29, 1.82) is 5.26 Å². The lowest BCUT2D eigenvalue weighted by Crippen LogP contribution is -2.46. The summed E-state index contributed by atoms with van der Waals surface area (Å²) in [5.41, 5.74) is 7.04. The molecule has 796 valence electrons. The Hall–Kier alpha value is -7.64. The molecule has 2 aromatic heterocycles. The zero-order valence-electron chi connectivity index (χ0n) is 95.5.